The molecule has 5 rings (SSSR count). The zero-order valence-corrected chi connectivity index (χ0v) is 21.7. The van der Waals surface area contributed by atoms with Crippen molar-refractivity contribution in [3.8, 4) is 0 Å². The van der Waals surface area contributed by atoms with E-state index < -0.39 is 16.7 Å². The van der Waals surface area contributed by atoms with Gasteiger partial charge in [0.05, 0.1) is 18.9 Å². The first-order chi connectivity index (χ1) is 18.0. The minimum absolute atomic E-state index is 0.0614. The van der Waals surface area contributed by atoms with Crippen LogP contribution in [0.1, 0.15) is 51.6 Å². The molecule has 6 nitrogen and oxygen atoms in total. The highest BCUT2D eigenvalue weighted by molar-refractivity contribution is 8.00. The molecule has 0 spiro atoms. The Morgan fingerprint density at radius 3 is 1.95 bits per heavy atom. The summed E-state index contributed by atoms with van der Waals surface area (Å²) >= 11 is 1.61. The summed E-state index contributed by atoms with van der Waals surface area (Å²) in [5.74, 6) is -1.05. The van der Waals surface area contributed by atoms with Gasteiger partial charge in [0.1, 0.15) is 16.0 Å². The highest BCUT2D eigenvalue weighted by Crippen LogP contribution is 2.60. The molecule has 4 aromatic rings. The third kappa shape index (κ3) is 4.09. The van der Waals surface area contributed by atoms with Crippen LogP contribution in [0.5, 0.6) is 0 Å². The Balaban J connectivity index is 1.95. The zero-order chi connectivity index (χ0) is 26.0. The molecule has 0 unspecified atom stereocenters. The second-order valence-corrected chi connectivity index (χ2v) is 9.72. The van der Waals surface area contributed by atoms with E-state index in [1.165, 1.54) is 0 Å². The van der Waals surface area contributed by atoms with Crippen molar-refractivity contribution in [1.29, 1.82) is 0 Å². The monoisotopic (exact) mass is 513 g/mol. The average molecular weight is 514 g/mol. The van der Waals surface area contributed by atoms with Crippen LogP contribution in [0.15, 0.2) is 94.2 Å². The molecular formula is C30H27NO5S. The van der Waals surface area contributed by atoms with Gasteiger partial charge in [0.15, 0.2) is 5.76 Å². The van der Waals surface area contributed by atoms with Gasteiger partial charge in [-0.05, 0) is 37.1 Å². The van der Waals surface area contributed by atoms with Gasteiger partial charge in [0.2, 0.25) is 5.76 Å². The summed E-state index contributed by atoms with van der Waals surface area (Å²) in [6.07, 6.45) is 0. The van der Waals surface area contributed by atoms with Gasteiger partial charge in [0.25, 0.3) is 0 Å². The first kappa shape index (κ1) is 24.7. The molecule has 0 atom stereocenters. The van der Waals surface area contributed by atoms with Gasteiger partial charge in [-0.25, -0.2) is 9.59 Å². The smallest absolute Gasteiger partial charge is 0.375 e. The van der Waals surface area contributed by atoms with Crippen molar-refractivity contribution in [1.82, 2.24) is 0 Å². The number of carbonyl (C=O) groups is 2. The van der Waals surface area contributed by atoms with Crippen LogP contribution >= 0.6 is 11.8 Å². The van der Waals surface area contributed by atoms with E-state index in [9.17, 15) is 9.59 Å². The molecule has 0 amide bonds. The second kappa shape index (κ2) is 10.2. The summed E-state index contributed by atoms with van der Waals surface area (Å²) in [6.45, 7) is 3.74. The van der Waals surface area contributed by atoms with Crippen molar-refractivity contribution in [2.24, 2.45) is 0 Å². The summed E-state index contributed by atoms with van der Waals surface area (Å²) in [5, 5.41) is 0. The normalized spacial score (nSPS) is 13.8. The number of fused-ring (bicyclic) bond motifs is 2. The van der Waals surface area contributed by atoms with E-state index in [1.54, 1.807) is 25.6 Å². The van der Waals surface area contributed by atoms with Crippen LogP contribution in [0.2, 0.25) is 0 Å². The lowest BCUT2D eigenvalue weighted by molar-refractivity contribution is 0.0450. The number of carbonyl (C=O) groups excluding carboxylic acids is 2. The molecular weight excluding hydrogens is 486 g/mol. The maximum Gasteiger partial charge on any atom is 0.375 e. The number of nitrogens with zero attached hydrogens (tertiary/aromatic N) is 1. The first-order valence-corrected chi connectivity index (χ1v) is 13.0. The van der Waals surface area contributed by atoms with Crippen molar-refractivity contribution >= 4 is 35.1 Å². The summed E-state index contributed by atoms with van der Waals surface area (Å²) in [4.78, 5) is 29.5. The Bertz CT molecular complexity index is 1390. The fourth-order valence-electron chi connectivity index (χ4n) is 4.76. The predicted octanol–water partition coefficient (Wildman–Crippen LogP) is 6.80. The summed E-state index contributed by atoms with van der Waals surface area (Å²) in [5.41, 5.74) is 3.30. The molecule has 2 heterocycles. The van der Waals surface area contributed by atoms with Crippen LogP contribution in [0, 0.1) is 0 Å². The Morgan fingerprint density at radius 2 is 1.35 bits per heavy atom. The molecule has 0 saturated heterocycles. The van der Waals surface area contributed by atoms with E-state index in [1.807, 2.05) is 90.8 Å². The molecule has 0 aliphatic carbocycles. The Morgan fingerprint density at radius 1 is 0.811 bits per heavy atom. The Kier molecular flexibility index (Phi) is 6.80. The molecule has 188 valence electrons. The van der Waals surface area contributed by atoms with Crippen LogP contribution in [0.3, 0.4) is 0 Å². The first-order valence-electron chi connectivity index (χ1n) is 12.2. The topological polar surface area (TPSA) is 69.0 Å². The molecule has 0 bridgehead atoms. The van der Waals surface area contributed by atoms with Crippen LogP contribution in [-0.2, 0) is 14.2 Å². The number of hydrogen-bond acceptors (Lipinski definition) is 7. The van der Waals surface area contributed by atoms with Gasteiger partial charge in [-0.1, -0.05) is 84.6 Å². The number of anilines is 2. The van der Waals surface area contributed by atoms with Crippen molar-refractivity contribution < 1.29 is 23.5 Å². The van der Waals surface area contributed by atoms with Crippen molar-refractivity contribution in [2.75, 3.05) is 25.2 Å². The average Bonchev–Trinajstić information content (AvgIpc) is 3.30. The molecule has 0 fully saturated rings. The third-order valence-electron chi connectivity index (χ3n) is 6.33. The second-order valence-electron chi connectivity index (χ2n) is 8.47. The van der Waals surface area contributed by atoms with E-state index >= 15 is 0 Å². The molecule has 1 aliphatic heterocycles. The van der Waals surface area contributed by atoms with Crippen LogP contribution in [0.4, 0.5) is 11.4 Å². The summed E-state index contributed by atoms with van der Waals surface area (Å²) < 4.78 is 16.3. The molecule has 37 heavy (non-hydrogen) atoms. The largest absolute Gasteiger partial charge is 0.462 e. The molecule has 0 N–H and O–H groups in total. The minimum Gasteiger partial charge on any atom is -0.462 e. The van der Waals surface area contributed by atoms with E-state index in [0.29, 0.717) is 11.4 Å². The number of para-hydroxylation sites is 1. The molecule has 3 aromatic carbocycles. The fraction of sp³-hybridized carbons (Fsp3) is 0.200. The highest BCUT2D eigenvalue weighted by Gasteiger charge is 2.49. The van der Waals surface area contributed by atoms with Crippen LogP contribution in [0.25, 0.3) is 0 Å². The maximum atomic E-state index is 13.4. The molecule has 1 aromatic heterocycles. The molecule has 1 aliphatic rings. The minimum atomic E-state index is -0.926. The van der Waals surface area contributed by atoms with E-state index in [-0.39, 0.29) is 24.5 Å². The number of ether oxygens (including phenoxy) is 2. The number of esters is 2. The van der Waals surface area contributed by atoms with Crippen LogP contribution in [-0.4, -0.2) is 32.2 Å². The van der Waals surface area contributed by atoms with Gasteiger partial charge in [-0.2, -0.15) is 0 Å². The highest BCUT2D eigenvalue weighted by atomic mass is 32.2. The quantitative estimate of drug-likeness (QED) is 0.263. The van der Waals surface area contributed by atoms with Crippen molar-refractivity contribution in [2.45, 2.75) is 23.5 Å². The number of hydrogen-bond donors (Lipinski definition) is 0. The summed E-state index contributed by atoms with van der Waals surface area (Å²) in [7, 11) is 1.87. The standard InChI is InChI=1S/C30H27NO5S/c1-4-34-28(32)24-25-27(36-26(24)29(33)35-5-2)30(20-14-8-6-9-15-20,21-16-10-7-11-17-21)37-23-19-13-12-18-22(23)31(25)3/h6-19H,4-5H2,1-3H3. The number of furan rings is 1. The fourth-order valence-corrected chi connectivity index (χ4v) is 6.28. The third-order valence-corrected chi connectivity index (χ3v) is 7.86. The lowest BCUT2D eigenvalue weighted by atomic mass is 9.86. The van der Waals surface area contributed by atoms with Crippen molar-refractivity contribution in [3.63, 3.8) is 0 Å². The van der Waals surface area contributed by atoms with E-state index in [4.69, 9.17) is 13.9 Å². The summed E-state index contributed by atoms with van der Waals surface area (Å²) in [6, 6.07) is 27.9. The zero-order valence-electron chi connectivity index (χ0n) is 20.9. The Labute approximate surface area is 220 Å². The van der Waals surface area contributed by atoms with Gasteiger partial charge in [-0.3, -0.25) is 0 Å². The van der Waals surface area contributed by atoms with Gasteiger partial charge >= 0.3 is 11.9 Å². The number of rotatable bonds is 6. The van der Waals surface area contributed by atoms with E-state index in [2.05, 4.69) is 6.07 Å². The van der Waals surface area contributed by atoms with Gasteiger partial charge in [-0.15, -0.1) is 0 Å². The lowest BCUT2D eigenvalue weighted by Gasteiger charge is -2.32. The van der Waals surface area contributed by atoms with Crippen LogP contribution < -0.4 is 4.90 Å². The Hall–Kier alpha value is -3.97. The number of thioether (sulfide) groups is 1. The SMILES string of the molecule is CCOC(=O)c1oc2c(c1C(=O)OCC)N(C)c1ccccc1SC2(c1ccccc1)c1ccccc1. The lowest BCUT2D eigenvalue weighted by Crippen LogP contribution is -2.26. The predicted molar refractivity (Wildman–Crippen MR) is 144 cm³/mol. The molecule has 0 radical (unpaired) electrons. The number of benzene rings is 3. The van der Waals surface area contributed by atoms with Crippen molar-refractivity contribution in [3.05, 3.63) is 113 Å². The molecule has 0 saturated carbocycles. The molecule has 7 heteroatoms. The van der Waals surface area contributed by atoms with Gasteiger partial charge < -0.3 is 18.8 Å². The maximum absolute atomic E-state index is 13.4. The van der Waals surface area contributed by atoms with E-state index in [0.717, 1.165) is 21.7 Å². The van der Waals surface area contributed by atoms with Gasteiger partial charge in [0, 0.05) is 11.9 Å².